The van der Waals surface area contributed by atoms with Crippen LogP contribution in [0.2, 0.25) is 0 Å². The quantitative estimate of drug-likeness (QED) is 0.554. The SMILES string of the molecule is C1C2CC3CC1CC(C2)C31NO1. The average molecular weight is 165 g/mol. The second-order valence-electron chi connectivity index (χ2n) is 5.30. The van der Waals surface area contributed by atoms with Crippen LogP contribution < -0.4 is 5.48 Å². The molecule has 4 saturated carbocycles. The van der Waals surface area contributed by atoms with Gasteiger partial charge in [-0.25, -0.2) is 0 Å². The van der Waals surface area contributed by atoms with Crippen LogP contribution in [0, 0.1) is 23.7 Å². The fourth-order valence-corrected chi connectivity index (χ4v) is 4.28. The first-order chi connectivity index (χ1) is 5.87. The smallest absolute Gasteiger partial charge is 0.167 e. The van der Waals surface area contributed by atoms with Gasteiger partial charge >= 0.3 is 0 Å². The second kappa shape index (κ2) is 1.73. The first-order valence-corrected chi connectivity index (χ1v) is 5.32. The van der Waals surface area contributed by atoms with E-state index in [2.05, 4.69) is 5.48 Å². The Balaban J connectivity index is 1.78. The summed E-state index contributed by atoms with van der Waals surface area (Å²) in [4.78, 5) is 5.52. The lowest BCUT2D eigenvalue weighted by molar-refractivity contribution is -0.0559. The molecule has 1 N–H and O–H groups in total. The van der Waals surface area contributed by atoms with Crippen molar-refractivity contribution in [3.8, 4) is 0 Å². The second-order valence-corrected chi connectivity index (χ2v) is 5.30. The Kier molecular flexibility index (Phi) is 0.921. The molecule has 0 aromatic carbocycles. The van der Waals surface area contributed by atoms with E-state index in [-0.39, 0.29) is 5.72 Å². The molecule has 0 unspecified atom stereocenters. The molecule has 1 saturated heterocycles. The summed E-state index contributed by atoms with van der Waals surface area (Å²) in [5, 5.41) is 0. The van der Waals surface area contributed by atoms with Crippen LogP contribution in [0.25, 0.3) is 0 Å². The van der Waals surface area contributed by atoms with E-state index in [1.807, 2.05) is 0 Å². The number of hydrogen-bond donors (Lipinski definition) is 1. The molecule has 0 amide bonds. The van der Waals surface area contributed by atoms with Gasteiger partial charge in [0.1, 0.15) is 0 Å². The van der Waals surface area contributed by atoms with Gasteiger partial charge in [-0.1, -0.05) is 0 Å². The third kappa shape index (κ3) is 0.579. The zero-order valence-electron chi connectivity index (χ0n) is 7.25. The van der Waals surface area contributed by atoms with Crippen molar-refractivity contribution < 1.29 is 4.84 Å². The largest absolute Gasteiger partial charge is 0.274 e. The molecular formula is C10H15NO. The van der Waals surface area contributed by atoms with E-state index in [1.54, 1.807) is 0 Å². The number of rotatable bonds is 0. The van der Waals surface area contributed by atoms with Crippen molar-refractivity contribution in [3.05, 3.63) is 0 Å². The molecule has 12 heavy (non-hydrogen) atoms. The molecule has 0 aromatic rings. The molecule has 0 radical (unpaired) electrons. The topological polar surface area (TPSA) is 34.5 Å². The highest BCUT2D eigenvalue weighted by Crippen LogP contribution is 2.61. The molecule has 0 aromatic heterocycles. The van der Waals surface area contributed by atoms with Crippen LogP contribution in [0.3, 0.4) is 0 Å². The zero-order chi connectivity index (χ0) is 7.76. The molecule has 2 nitrogen and oxygen atoms in total. The van der Waals surface area contributed by atoms with E-state index in [1.165, 1.54) is 32.1 Å². The van der Waals surface area contributed by atoms with Gasteiger partial charge in [0.2, 0.25) is 0 Å². The van der Waals surface area contributed by atoms with Crippen molar-refractivity contribution in [1.29, 1.82) is 0 Å². The highest BCUT2D eigenvalue weighted by atomic mass is 16.8. The van der Waals surface area contributed by atoms with Crippen LogP contribution in [0.1, 0.15) is 32.1 Å². The molecule has 66 valence electrons. The van der Waals surface area contributed by atoms with Gasteiger partial charge in [-0.05, 0) is 43.9 Å². The summed E-state index contributed by atoms with van der Waals surface area (Å²) in [6.45, 7) is 0. The molecule has 5 rings (SSSR count). The molecule has 0 atom stereocenters. The summed E-state index contributed by atoms with van der Waals surface area (Å²) in [5.74, 6) is 3.86. The van der Waals surface area contributed by atoms with Crippen LogP contribution in [0.5, 0.6) is 0 Å². The lowest BCUT2D eigenvalue weighted by Crippen LogP contribution is -2.52. The van der Waals surface area contributed by atoms with E-state index >= 15 is 0 Å². The van der Waals surface area contributed by atoms with Crippen molar-refractivity contribution >= 4 is 0 Å². The molecule has 1 heterocycles. The third-order valence-electron chi connectivity index (χ3n) is 4.69. The van der Waals surface area contributed by atoms with Crippen molar-refractivity contribution in [2.24, 2.45) is 23.7 Å². The maximum atomic E-state index is 5.52. The summed E-state index contributed by atoms with van der Waals surface area (Å²) in [6.07, 6.45) is 7.31. The predicted octanol–water partition coefficient (Wildman–Crippen LogP) is 1.67. The maximum Gasteiger partial charge on any atom is 0.167 e. The van der Waals surface area contributed by atoms with Gasteiger partial charge in [0.05, 0.1) is 0 Å². The minimum Gasteiger partial charge on any atom is -0.274 e. The minimum atomic E-state index is 0.202. The van der Waals surface area contributed by atoms with Crippen molar-refractivity contribution in [2.45, 2.75) is 37.8 Å². The van der Waals surface area contributed by atoms with E-state index in [9.17, 15) is 0 Å². The van der Waals surface area contributed by atoms with Gasteiger partial charge in [0, 0.05) is 11.8 Å². The van der Waals surface area contributed by atoms with E-state index in [0.29, 0.717) is 0 Å². The van der Waals surface area contributed by atoms with Gasteiger partial charge in [-0.2, -0.15) is 5.48 Å². The summed E-state index contributed by atoms with van der Waals surface area (Å²) in [7, 11) is 0. The van der Waals surface area contributed by atoms with Crippen LogP contribution in [-0.2, 0) is 4.84 Å². The fraction of sp³-hybridized carbons (Fsp3) is 1.00. The van der Waals surface area contributed by atoms with E-state index < -0.39 is 0 Å². The highest BCUT2D eigenvalue weighted by Gasteiger charge is 2.65. The molecule has 4 bridgehead atoms. The molecule has 2 heteroatoms. The summed E-state index contributed by atoms with van der Waals surface area (Å²) < 4.78 is 0. The van der Waals surface area contributed by atoms with Crippen LogP contribution in [-0.4, -0.2) is 5.72 Å². The van der Waals surface area contributed by atoms with Gasteiger partial charge in [-0.15, -0.1) is 0 Å². The molecular weight excluding hydrogens is 150 g/mol. The Morgan fingerprint density at radius 1 is 0.917 bits per heavy atom. The summed E-state index contributed by atoms with van der Waals surface area (Å²) in [5.41, 5.74) is 3.39. The number of hydrogen-bond acceptors (Lipinski definition) is 2. The Labute approximate surface area is 72.6 Å². The molecule has 5 aliphatic rings. The Bertz CT molecular complexity index is 204. The fourth-order valence-electron chi connectivity index (χ4n) is 4.28. The zero-order valence-corrected chi connectivity index (χ0v) is 7.25. The first kappa shape index (κ1) is 6.39. The predicted molar refractivity (Wildman–Crippen MR) is 44.0 cm³/mol. The molecule has 1 aliphatic heterocycles. The van der Waals surface area contributed by atoms with E-state index in [4.69, 9.17) is 4.84 Å². The Morgan fingerprint density at radius 2 is 1.42 bits per heavy atom. The van der Waals surface area contributed by atoms with Gasteiger partial charge in [0.15, 0.2) is 5.72 Å². The van der Waals surface area contributed by atoms with Crippen molar-refractivity contribution in [1.82, 2.24) is 5.48 Å². The van der Waals surface area contributed by atoms with Crippen LogP contribution in [0.4, 0.5) is 0 Å². The van der Waals surface area contributed by atoms with Crippen LogP contribution >= 0.6 is 0 Å². The first-order valence-electron chi connectivity index (χ1n) is 5.32. The molecule has 4 aliphatic carbocycles. The lowest BCUT2D eigenvalue weighted by atomic mass is 9.53. The average Bonchev–Trinajstić information content (AvgIpc) is 2.79. The van der Waals surface area contributed by atoms with Gasteiger partial charge < -0.3 is 0 Å². The number of nitrogens with one attached hydrogen (secondary N) is 1. The Morgan fingerprint density at radius 3 is 1.83 bits per heavy atom. The standard InChI is InChI=1S/C10H15NO/c1-6-2-8-4-7(1)5-9(3-6)10(8)11-12-10/h6-9,11H,1-5H2. The Hall–Kier alpha value is -0.0800. The lowest BCUT2D eigenvalue weighted by Gasteiger charge is -2.52. The van der Waals surface area contributed by atoms with Crippen LogP contribution in [0.15, 0.2) is 0 Å². The molecule has 1 spiro atoms. The highest BCUT2D eigenvalue weighted by molar-refractivity contribution is 5.09. The maximum absolute atomic E-state index is 5.52. The van der Waals surface area contributed by atoms with Gasteiger partial charge in [0.25, 0.3) is 0 Å². The van der Waals surface area contributed by atoms with Gasteiger partial charge in [-0.3, -0.25) is 4.84 Å². The summed E-state index contributed by atoms with van der Waals surface area (Å²) >= 11 is 0. The summed E-state index contributed by atoms with van der Waals surface area (Å²) in [6, 6.07) is 0. The minimum absolute atomic E-state index is 0.202. The van der Waals surface area contributed by atoms with E-state index in [0.717, 1.165) is 23.7 Å². The number of hydroxylamine groups is 1. The van der Waals surface area contributed by atoms with Crippen molar-refractivity contribution in [2.75, 3.05) is 0 Å². The normalized spacial score (nSPS) is 66.0. The van der Waals surface area contributed by atoms with Crippen molar-refractivity contribution in [3.63, 3.8) is 0 Å². The molecule has 5 fully saturated rings. The third-order valence-corrected chi connectivity index (χ3v) is 4.69. The monoisotopic (exact) mass is 165 g/mol.